The number of Topliss-reactive ketones (excluding diaryl/α,β-unsaturated/α-hetero) is 1. The molecule has 0 bridgehead atoms. The van der Waals surface area contributed by atoms with E-state index < -0.39 is 0 Å². The Morgan fingerprint density at radius 1 is 1.28 bits per heavy atom. The highest BCUT2D eigenvalue weighted by atomic mass is 16.5. The van der Waals surface area contributed by atoms with Crippen LogP contribution in [0.3, 0.4) is 0 Å². The lowest BCUT2D eigenvalue weighted by atomic mass is 9.97. The molecule has 0 heterocycles. The van der Waals surface area contributed by atoms with Crippen LogP contribution in [-0.2, 0) is 0 Å². The Morgan fingerprint density at radius 2 is 1.94 bits per heavy atom. The van der Waals surface area contributed by atoms with Crippen LogP contribution in [0.5, 0.6) is 11.5 Å². The van der Waals surface area contributed by atoms with E-state index in [-0.39, 0.29) is 12.3 Å². The molecule has 0 unspecified atom stereocenters. The van der Waals surface area contributed by atoms with Gasteiger partial charge in [-0.15, -0.1) is 0 Å². The maximum absolute atomic E-state index is 12.1. The molecule has 0 saturated heterocycles. The van der Waals surface area contributed by atoms with Gasteiger partial charge in [0.2, 0.25) is 0 Å². The standard InChI is InChI=1S/C14H21NO3/c1-9(2)10-6-11(12(16)8-15-3)14(18-5)13(7-10)17-4/h6-7,9,15H,8H2,1-5H3. The summed E-state index contributed by atoms with van der Waals surface area (Å²) in [6, 6.07) is 3.80. The van der Waals surface area contributed by atoms with Crippen molar-refractivity contribution in [1.82, 2.24) is 5.32 Å². The van der Waals surface area contributed by atoms with Crippen molar-refractivity contribution in [1.29, 1.82) is 0 Å². The predicted molar refractivity (Wildman–Crippen MR) is 71.9 cm³/mol. The quantitative estimate of drug-likeness (QED) is 0.788. The van der Waals surface area contributed by atoms with E-state index in [1.54, 1.807) is 21.3 Å². The summed E-state index contributed by atoms with van der Waals surface area (Å²) in [5.41, 5.74) is 1.63. The normalized spacial score (nSPS) is 10.6. The number of carbonyl (C=O) groups excluding carboxylic acids is 1. The third kappa shape index (κ3) is 3.01. The van der Waals surface area contributed by atoms with E-state index in [0.29, 0.717) is 23.0 Å². The average molecular weight is 251 g/mol. The number of hydrogen-bond acceptors (Lipinski definition) is 4. The number of rotatable bonds is 6. The number of nitrogens with one attached hydrogen (secondary N) is 1. The van der Waals surface area contributed by atoms with Crippen molar-refractivity contribution in [3.8, 4) is 11.5 Å². The average Bonchev–Trinajstić information content (AvgIpc) is 2.37. The molecule has 4 nitrogen and oxygen atoms in total. The summed E-state index contributed by atoms with van der Waals surface area (Å²) in [7, 11) is 4.87. The fourth-order valence-corrected chi connectivity index (χ4v) is 1.78. The molecule has 0 atom stereocenters. The van der Waals surface area contributed by atoms with Gasteiger partial charge >= 0.3 is 0 Å². The highest BCUT2D eigenvalue weighted by Crippen LogP contribution is 2.35. The molecule has 1 rings (SSSR count). The van der Waals surface area contributed by atoms with E-state index in [0.717, 1.165) is 5.56 Å². The molecule has 0 fully saturated rings. The number of likely N-dealkylation sites (N-methyl/N-ethyl adjacent to an activating group) is 1. The third-order valence-corrected chi connectivity index (χ3v) is 2.81. The summed E-state index contributed by atoms with van der Waals surface area (Å²) in [6.45, 7) is 4.43. The number of benzene rings is 1. The van der Waals surface area contributed by atoms with Crippen molar-refractivity contribution in [3.63, 3.8) is 0 Å². The first-order chi connectivity index (χ1) is 8.54. The molecule has 100 valence electrons. The van der Waals surface area contributed by atoms with Crippen molar-refractivity contribution in [2.45, 2.75) is 19.8 Å². The van der Waals surface area contributed by atoms with Crippen LogP contribution < -0.4 is 14.8 Å². The van der Waals surface area contributed by atoms with E-state index in [1.165, 1.54) is 0 Å². The molecule has 0 aliphatic carbocycles. The third-order valence-electron chi connectivity index (χ3n) is 2.81. The number of ketones is 1. The van der Waals surface area contributed by atoms with E-state index in [2.05, 4.69) is 19.2 Å². The molecule has 18 heavy (non-hydrogen) atoms. The Morgan fingerprint density at radius 3 is 2.39 bits per heavy atom. The van der Waals surface area contributed by atoms with Crippen molar-refractivity contribution < 1.29 is 14.3 Å². The molecule has 0 amide bonds. The van der Waals surface area contributed by atoms with Crippen LogP contribution in [0.1, 0.15) is 35.7 Å². The molecule has 4 heteroatoms. The van der Waals surface area contributed by atoms with Crippen molar-refractivity contribution in [2.75, 3.05) is 27.8 Å². The predicted octanol–water partition coefficient (Wildman–Crippen LogP) is 2.23. The lowest BCUT2D eigenvalue weighted by molar-refractivity contribution is 0.0990. The van der Waals surface area contributed by atoms with Gasteiger partial charge in [-0.05, 0) is 30.7 Å². The van der Waals surface area contributed by atoms with E-state index in [4.69, 9.17) is 9.47 Å². The first kappa shape index (κ1) is 14.5. The topological polar surface area (TPSA) is 47.6 Å². The summed E-state index contributed by atoms with van der Waals surface area (Å²) in [4.78, 5) is 12.1. The molecule has 1 N–H and O–H groups in total. The van der Waals surface area contributed by atoms with Gasteiger partial charge in [-0.1, -0.05) is 13.8 Å². The molecular weight excluding hydrogens is 230 g/mol. The van der Waals surface area contributed by atoms with E-state index in [9.17, 15) is 4.79 Å². The zero-order chi connectivity index (χ0) is 13.7. The summed E-state index contributed by atoms with van der Waals surface area (Å²) >= 11 is 0. The minimum Gasteiger partial charge on any atom is -0.493 e. The highest BCUT2D eigenvalue weighted by Gasteiger charge is 2.18. The second-order valence-electron chi connectivity index (χ2n) is 4.41. The van der Waals surface area contributed by atoms with Gasteiger partial charge in [0.1, 0.15) is 0 Å². The molecule has 0 spiro atoms. The fraction of sp³-hybridized carbons (Fsp3) is 0.500. The summed E-state index contributed by atoms with van der Waals surface area (Å²) in [5, 5.41) is 2.86. The van der Waals surface area contributed by atoms with Crippen LogP contribution in [0.15, 0.2) is 12.1 Å². The zero-order valence-corrected chi connectivity index (χ0v) is 11.7. The lowest BCUT2D eigenvalue weighted by Gasteiger charge is -2.16. The van der Waals surface area contributed by atoms with E-state index in [1.807, 2.05) is 12.1 Å². The largest absolute Gasteiger partial charge is 0.493 e. The van der Waals surface area contributed by atoms with Gasteiger partial charge in [0.25, 0.3) is 0 Å². The van der Waals surface area contributed by atoms with Gasteiger partial charge in [-0.2, -0.15) is 0 Å². The Balaban J connectivity index is 3.35. The number of carbonyl (C=O) groups is 1. The van der Waals surface area contributed by atoms with Gasteiger partial charge in [0, 0.05) is 0 Å². The van der Waals surface area contributed by atoms with Gasteiger partial charge < -0.3 is 14.8 Å². The number of hydrogen-bond donors (Lipinski definition) is 1. The Hall–Kier alpha value is -1.55. The maximum Gasteiger partial charge on any atom is 0.180 e. The van der Waals surface area contributed by atoms with Crippen LogP contribution in [-0.4, -0.2) is 33.6 Å². The van der Waals surface area contributed by atoms with Crippen LogP contribution in [0, 0.1) is 0 Å². The molecule has 0 saturated carbocycles. The summed E-state index contributed by atoms with van der Waals surface area (Å²) in [6.07, 6.45) is 0. The van der Waals surface area contributed by atoms with Gasteiger partial charge in [-0.25, -0.2) is 0 Å². The molecule has 1 aromatic rings. The summed E-state index contributed by atoms with van der Waals surface area (Å²) in [5.74, 6) is 1.42. The molecular formula is C14H21NO3. The lowest BCUT2D eigenvalue weighted by Crippen LogP contribution is -2.19. The number of ether oxygens (including phenoxy) is 2. The Bertz CT molecular complexity index is 427. The van der Waals surface area contributed by atoms with E-state index >= 15 is 0 Å². The highest BCUT2D eigenvalue weighted by molar-refractivity contribution is 6.01. The van der Waals surface area contributed by atoms with Gasteiger partial charge in [-0.3, -0.25) is 4.79 Å². The van der Waals surface area contributed by atoms with Crippen molar-refractivity contribution >= 4 is 5.78 Å². The first-order valence-electron chi connectivity index (χ1n) is 5.98. The Labute approximate surface area is 108 Å². The maximum atomic E-state index is 12.1. The molecule has 0 radical (unpaired) electrons. The van der Waals surface area contributed by atoms with Crippen LogP contribution in [0.25, 0.3) is 0 Å². The molecule has 0 aliphatic heterocycles. The smallest absolute Gasteiger partial charge is 0.180 e. The van der Waals surface area contributed by atoms with Crippen molar-refractivity contribution in [2.24, 2.45) is 0 Å². The van der Waals surface area contributed by atoms with Crippen molar-refractivity contribution in [3.05, 3.63) is 23.3 Å². The second kappa shape index (κ2) is 6.40. The number of methoxy groups -OCH3 is 2. The Kier molecular flexibility index (Phi) is 5.16. The molecule has 0 aliphatic rings. The molecule has 1 aromatic carbocycles. The zero-order valence-electron chi connectivity index (χ0n) is 11.7. The fourth-order valence-electron chi connectivity index (χ4n) is 1.78. The van der Waals surface area contributed by atoms with Crippen LogP contribution >= 0.6 is 0 Å². The molecule has 0 aromatic heterocycles. The monoisotopic (exact) mass is 251 g/mol. The second-order valence-corrected chi connectivity index (χ2v) is 4.41. The van der Waals surface area contributed by atoms with Gasteiger partial charge in [0.15, 0.2) is 17.3 Å². The van der Waals surface area contributed by atoms with Crippen LogP contribution in [0.2, 0.25) is 0 Å². The first-order valence-corrected chi connectivity index (χ1v) is 5.98. The minimum absolute atomic E-state index is 0.00449. The van der Waals surface area contributed by atoms with Crippen LogP contribution in [0.4, 0.5) is 0 Å². The summed E-state index contributed by atoms with van der Waals surface area (Å²) < 4.78 is 10.6. The minimum atomic E-state index is -0.00449. The SMILES string of the molecule is CNCC(=O)c1cc(C(C)C)cc(OC)c1OC. The van der Waals surface area contributed by atoms with Gasteiger partial charge in [0.05, 0.1) is 26.3 Å².